The number of aromatic nitrogens is 2. The normalized spacial score (nSPS) is 19.2. The van der Waals surface area contributed by atoms with Gasteiger partial charge in [-0.1, -0.05) is 13.8 Å². The molecule has 16 heavy (non-hydrogen) atoms. The van der Waals surface area contributed by atoms with Crippen LogP contribution in [0.4, 0.5) is 5.69 Å². The van der Waals surface area contributed by atoms with Gasteiger partial charge in [0.1, 0.15) is 5.69 Å². The molecule has 1 aliphatic rings. The molecule has 0 N–H and O–H groups in total. The molecule has 1 aromatic rings. The van der Waals surface area contributed by atoms with Gasteiger partial charge in [-0.25, -0.2) is 4.21 Å². The van der Waals surface area contributed by atoms with E-state index in [0.717, 1.165) is 35.7 Å². The summed E-state index contributed by atoms with van der Waals surface area (Å²) in [6, 6.07) is 0. The molecule has 0 amide bonds. The monoisotopic (exact) mass is 241 g/mol. The molecule has 0 aliphatic carbocycles. The van der Waals surface area contributed by atoms with Gasteiger partial charge in [0.15, 0.2) is 0 Å². The minimum absolute atomic E-state index is 0.323. The van der Waals surface area contributed by atoms with Crippen molar-refractivity contribution in [3.05, 3.63) is 11.9 Å². The molecule has 0 atom stereocenters. The van der Waals surface area contributed by atoms with E-state index < -0.39 is 9.73 Å². The van der Waals surface area contributed by atoms with Gasteiger partial charge in [-0.3, -0.25) is 4.68 Å². The highest BCUT2D eigenvalue weighted by molar-refractivity contribution is 7.93. The van der Waals surface area contributed by atoms with Crippen LogP contribution in [0.15, 0.2) is 10.6 Å². The predicted octanol–water partition coefficient (Wildman–Crippen LogP) is 2.44. The first kappa shape index (κ1) is 11.6. The van der Waals surface area contributed by atoms with Crippen LogP contribution in [0.25, 0.3) is 0 Å². The smallest absolute Gasteiger partial charge is 0.114 e. The van der Waals surface area contributed by atoms with Crippen LogP contribution in [0, 0.1) is 0 Å². The number of aryl methyl sites for hydroxylation is 1. The Morgan fingerprint density at radius 1 is 1.44 bits per heavy atom. The van der Waals surface area contributed by atoms with Gasteiger partial charge < -0.3 is 0 Å². The topological polar surface area (TPSA) is 47.2 Å². The van der Waals surface area contributed by atoms with E-state index in [1.54, 1.807) is 4.68 Å². The zero-order valence-corrected chi connectivity index (χ0v) is 11.0. The molecular weight excluding hydrogens is 222 g/mol. The Kier molecular flexibility index (Phi) is 3.06. The summed E-state index contributed by atoms with van der Waals surface area (Å²) in [5, 5.41) is 4.38. The van der Waals surface area contributed by atoms with Crippen LogP contribution in [0.3, 0.4) is 0 Å². The molecule has 0 radical (unpaired) electrons. The van der Waals surface area contributed by atoms with E-state index in [1.165, 1.54) is 0 Å². The van der Waals surface area contributed by atoms with E-state index >= 15 is 0 Å². The first-order valence-electron chi connectivity index (χ1n) is 5.76. The van der Waals surface area contributed by atoms with Crippen LogP contribution in [-0.2, 0) is 16.8 Å². The van der Waals surface area contributed by atoms with Gasteiger partial charge in [-0.2, -0.15) is 9.46 Å². The Morgan fingerprint density at radius 3 is 2.62 bits per heavy atom. The van der Waals surface area contributed by atoms with Crippen molar-refractivity contribution in [1.29, 1.82) is 0 Å². The van der Waals surface area contributed by atoms with Crippen LogP contribution >= 0.6 is 0 Å². The van der Waals surface area contributed by atoms with Crippen LogP contribution in [0.5, 0.6) is 0 Å². The molecule has 0 unspecified atom stereocenters. The number of hydrogen-bond donors (Lipinski definition) is 0. The maximum absolute atomic E-state index is 12.3. The predicted molar refractivity (Wildman–Crippen MR) is 66.5 cm³/mol. The summed E-state index contributed by atoms with van der Waals surface area (Å²) in [5.74, 6) is 1.82. The molecule has 0 spiro atoms. The quantitative estimate of drug-likeness (QED) is 0.798. The van der Waals surface area contributed by atoms with Crippen LogP contribution in [0.1, 0.15) is 38.3 Å². The zero-order valence-electron chi connectivity index (χ0n) is 10.1. The molecule has 90 valence electrons. The summed E-state index contributed by atoms with van der Waals surface area (Å²) in [7, 11) is -0.0965. The van der Waals surface area contributed by atoms with Gasteiger partial charge in [0.05, 0.1) is 21.6 Å². The summed E-state index contributed by atoms with van der Waals surface area (Å²) >= 11 is 0. The van der Waals surface area contributed by atoms with Gasteiger partial charge in [-0.15, -0.1) is 0 Å². The second-order valence-corrected chi connectivity index (χ2v) is 7.25. The van der Waals surface area contributed by atoms with Gasteiger partial charge in [-0.05, 0) is 18.8 Å². The molecule has 2 heterocycles. The molecule has 1 saturated heterocycles. The molecule has 2 rings (SSSR count). The Morgan fingerprint density at radius 2 is 2.06 bits per heavy atom. The van der Waals surface area contributed by atoms with Crippen molar-refractivity contribution in [3.63, 3.8) is 0 Å². The van der Waals surface area contributed by atoms with Crippen molar-refractivity contribution in [1.82, 2.24) is 9.78 Å². The highest BCUT2D eigenvalue weighted by Crippen LogP contribution is 2.28. The third kappa shape index (κ3) is 2.29. The van der Waals surface area contributed by atoms with Gasteiger partial charge in [0.25, 0.3) is 0 Å². The summed E-state index contributed by atoms with van der Waals surface area (Å²) < 4.78 is 18.6. The van der Waals surface area contributed by atoms with E-state index in [2.05, 4.69) is 23.3 Å². The summed E-state index contributed by atoms with van der Waals surface area (Å²) in [6.07, 6.45) is 3.96. The summed E-state index contributed by atoms with van der Waals surface area (Å²) in [5.41, 5.74) is 1.78. The fourth-order valence-electron chi connectivity index (χ4n) is 2.00. The zero-order chi connectivity index (χ0) is 11.8. The molecule has 0 bridgehead atoms. The fraction of sp³-hybridized carbons (Fsp3) is 0.727. The minimum Gasteiger partial charge on any atom is -0.273 e. The van der Waals surface area contributed by atoms with Crippen LogP contribution < -0.4 is 0 Å². The Balaban J connectivity index is 2.44. The fourth-order valence-corrected chi connectivity index (χ4v) is 4.20. The maximum Gasteiger partial charge on any atom is 0.114 e. The first-order valence-corrected chi connectivity index (χ1v) is 7.61. The first-order chi connectivity index (χ1) is 7.50. The Hall–Kier alpha value is -0.840. The molecule has 0 saturated carbocycles. The molecule has 0 aromatic carbocycles. The second-order valence-electron chi connectivity index (χ2n) is 4.71. The number of nitrogens with zero attached hydrogens (tertiary/aromatic N) is 3. The lowest BCUT2D eigenvalue weighted by Gasteiger charge is -2.03. The van der Waals surface area contributed by atoms with Gasteiger partial charge in [0, 0.05) is 18.6 Å². The van der Waals surface area contributed by atoms with E-state index in [4.69, 9.17) is 0 Å². The van der Waals surface area contributed by atoms with Crippen molar-refractivity contribution in [2.75, 3.05) is 11.5 Å². The molecule has 1 aliphatic heterocycles. The highest BCUT2D eigenvalue weighted by Gasteiger charge is 2.19. The average Bonchev–Trinajstić information content (AvgIpc) is 2.73. The molecule has 4 nitrogen and oxygen atoms in total. The lowest BCUT2D eigenvalue weighted by atomic mass is 10.1. The van der Waals surface area contributed by atoms with Gasteiger partial charge >= 0.3 is 0 Å². The van der Waals surface area contributed by atoms with Crippen molar-refractivity contribution >= 4 is 15.4 Å². The Bertz CT molecular complexity index is 483. The molecule has 1 aromatic heterocycles. The summed E-state index contributed by atoms with van der Waals surface area (Å²) in [6.45, 7) is 4.17. The lowest BCUT2D eigenvalue weighted by Crippen LogP contribution is -2.00. The SMILES string of the molecule is CC(C)c1nn(C)cc1N=S1(=O)CCCC1. The average molecular weight is 241 g/mol. The van der Waals surface area contributed by atoms with Crippen molar-refractivity contribution in [2.24, 2.45) is 11.4 Å². The number of hydrogen-bond acceptors (Lipinski definition) is 3. The number of rotatable bonds is 2. The van der Waals surface area contributed by atoms with Crippen molar-refractivity contribution in [2.45, 2.75) is 32.6 Å². The van der Waals surface area contributed by atoms with Crippen LogP contribution in [0.2, 0.25) is 0 Å². The molecular formula is C11H19N3OS. The largest absolute Gasteiger partial charge is 0.273 e. The minimum atomic E-state index is -1.98. The molecule has 1 fully saturated rings. The third-order valence-corrected chi connectivity index (χ3v) is 5.21. The standard InChI is InChI=1S/C11H19N3OS/c1-9(2)11-10(8-14(3)12-11)13-16(15)6-4-5-7-16/h8-9H,4-7H2,1-3H3. The van der Waals surface area contributed by atoms with E-state index in [1.807, 2.05) is 13.2 Å². The van der Waals surface area contributed by atoms with Crippen molar-refractivity contribution in [3.8, 4) is 0 Å². The van der Waals surface area contributed by atoms with Crippen molar-refractivity contribution < 1.29 is 4.21 Å². The van der Waals surface area contributed by atoms with Crippen LogP contribution in [-0.4, -0.2) is 25.5 Å². The maximum atomic E-state index is 12.3. The van der Waals surface area contributed by atoms with E-state index in [-0.39, 0.29) is 0 Å². The summed E-state index contributed by atoms with van der Waals surface area (Å²) in [4.78, 5) is 0. The molecule has 5 heteroatoms. The third-order valence-electron chi connectivity index (χ3n) is 2.83. The van der Waals surface area contributed by atoms with E-state index in [9.17, 15) is 4.21 Å². The Labute approximate surface area is 97.2 Å². The highest BCUT2D eigenvalue weighted by atomic mass is 32.2. The lowest BCUT2D eigenvalue weighted by molar-refractivity contribution is 0.681. The second kappa shape index (κ2) is 4.20. The van der Waals surface area contributed by atoms with Gasteiger partial charge in [0.2, 0.25) is 0 Å². The van der Waals surface area contributed by atoms with E-state index in [0.29, 0.717) is 5.92 Å².